The van der Waals surface area contributed by atoms with Crippen molar-refractivity contribution < 1.29 is 22.7 Å². The zero-order valence-electron chi connectivity index (χ0n) is 18.7. The number of hydrogen-bond acceptors (Lipinski definition) is 5. The molecule has 0 bridgehead atoms. The topological polar surface area (TPSA) is 84.9 Å². The number of carbonyl (C=O) groups excluding carboxylic acids is 1. The number of benzene rings is 3. The molecule has 3 aromatic rings. The van der Waals surface area contributed by atoms with E-state index >= 15 is 0 Å². The Bertz CT molecular complexity index is 1250. The van der Waals surface area contributed by atoms with Gasteiger partial charge in [-0.1, -0.05) is 30.3 Å². The van der Waals surface area contributed by atoms with Crippen molar-refractivity contribution in [2.24, 2.45) is 0 Å². The number of ether oxygens (including phenoxy) is 2. The van der Waals surface area contributed by atoms with Crippen LogP contribution in [0.5, 0.6) is 11.5 Å². The van der Waals surface area contributed by atoms with Gasteiger partial charge in [0, 0.05) is 5.69 Å². The SMILES string of the molecule is Cc1cccc(C)c1OCC(=O)Nc1ccc(S(=O)(=O)N2CC(C)Oc3ccccc32)cc1. The van der Waals surface area contributed by atoms with Crippen LogP contribution in [0.1, 0.15) is 18.1 Å². The predicted octanol–water partition coefficient (Wildman–Crippen LogP) is 4.30. The van der Waals surface area contributed by atoms with Crippen molar-refractivity contribution in [3.63, 3.8) is 0 Å². The Morgan fingerprint density at radius 3 is 2.39 bits per heavy atom. The van der Waals surface area contributed by atoms with E-state index < -0.39 is 10.0 Å². The van der Waals surface area contributed by atoms with E-state index in [1.165, 1.54) is 16.4 Å². The molecule has 1 aliphatic rings. The molecule has 0 saturated heterocycles. The first-order chi connectivity index (χ1) is 15.8. The summed E-state index contributed by atoms with van der Waals surface area (Å²) in [5.74, 6) is 0.894. The lowest BCUT2D eigenvalue weighted by Gasteiger charge is -2.34. The molecule has 0 spiro atoms. The van der Waals surface area contributed by atoms with Gasteiger partial charge >= 0.3 is 0 Å². The van der Waals surface area contributed by atoms with Gasteiger partial charge in [-0.3, -0.25) is 9.10 Å². The highest BCUT2D eigenvalue weighted by atomic mass is 32.2. The number of nitrogens with one attached hydrogen (secondary N) is 1. The summed E-state index contributed by atoms with van der Waals surface area (Å²) in [7, 11) is -3.79. The number of carbonyl (C=O) groups is 1. The van der Waals surface area contributed by atoms with E-state index in [4.69, 9.17) is 9.47 Å². The summed E-state index contributed by atoms with van der Waals surface area (Å²) in [4.78, 5) is 12.5. The number of para-hydroxylation sites is 3. The molecule has 0 aliphatic carbocycles. The number of sulfonamides is 1. The molecule has 1 atom stereocenters. The van der Waals surface area contributed by atoms with E-state index in [-0.39, 0.29) is 30.1 Å². The van der Waals surface area contributed by atoms with Crippen molar-refractivity contribution in [2.45, 2.75) is 31.8 Å². The molecule has 4 rings (SSSR count). The highest BCUT2D eigenvalue weighted by molar-refractivity contribution is 7.92. The average molecular weight is 467 g/mol. The number of amides is 1. The summed E-state index contributed by atoms with van der Waals surface area (Å²) >= 11 is 0. The molecule has 3 aromatic carbocycles. The van der Waals surface area contributed by atoms with Gasteiger partial charge in [0.2, 0.25) is 0 Å². The molecule has 7 nitrogen and oxygen atoms in total. The summed E-state index contributed by atoms with van der Waals surface area (Å²) in [6.07, 6.45) is -0.273. The lowest BCUT2D eigenvalue weighted by molar-refractivity contribution is -0.118. The molecular formula is C25H26N2O5S. The molecule has 33 heavy (non-hydrogen) atoms. The smallest absolute Gasteiger partial charge is 0.264 e. The van der Waals surface area contributed by atoms with E-state index in [1.54, 1.807) is 30.3 Å². The van der Waals surface area contributed by atoms with E-state index in [9.17, 15) is 13.2 Å². The van der Waals surface area contributed by atoms with Crippen LogP contribution in [0.15, 0.2) is 71.6 Å². The molecule has 1 N–H and O–H groups in total. The van der Waals surface area contributed by atoms with Gasteiger partial charge in [0.05, 0.1) is 17.1 Å². The van der Waals surface area contributed by atoms with Gasteiger partial charge in [0.15, 0.2) is 6.61 Å². The standard InChI is InChI=1S/C25H26N2O5S/c1-17-7-6-8-18(2)25(17)31-16-24(28)26-20-11-13-21(14-12-20)33(29,30)27-15-19(3)32-23-10-5-4-9-22(23)27/h4-14,19H,15-16H2,1-3H3,(H,26,28). The molecule has 8 heteroatoms. The van der Waals surface area contributed by atoms with Crippen LogP contribution in [-0.2, 0) is 14.8 Å². The van der Waals surface area contributed by atoms with Crippen LogP contribution in [0.4, 0.5) is 11.4 Å². The molecule has 1 heterocycles. The Balaban J connectivity index is 1.45. The largest absolute Gasteiger partial charge is 0.487 e. The number of nitrogens with zero attached hydrogens (tertiary/aromatic N) is 1. The third kappa shape index (κ3) is 4.80. The third-order valence-electron chi connectivity index (χ3n) is 5.37. The fourth-order valence-electron chi connectivity index (χ4n) is 3.78. The van der Waals surface area contributed by atoms with Crippen LogP contribution in [0, 0.1) is 13.8 Å². The maximum atomic E-state index is 13.3. The van der Waals surface area contributed by atoms with Crippen LogP contribution in [0.2, 0.25) is 0 Å². The minimum absolute atomic E-state index is 0.135. The van der Waals surface area contributed by atoms with Crippen molar-refractivity contribution in [3.05, 3.63) is 77.9 Å². The van der Waals surface area contributed by atoms with Gasteiger partial charge in [0.25, 0.3) is 15.9 Å². The Hall–Kier alpha value is -3.52. The molecule has 0 aromatic heterocycles. The van der Waals surface area contributed by atoms with Gasteiger partial charge in [0.1, 0.15) is 17.6 Å². The van der Waals surface area contributed by atoms with Crippen molar-refractivity contribution >= 4 is 27.3 Å². The van der Waals surface area contributed by atoms with Crippen molar-refractivity contribution in [1.29, 1.82) is 0 Å². The van der Waals surface area contributed by atoms with Crippen LogP contribution in [0.3, 0.4) is 0 Å². The van der Waals surface area contributed by atoms with E-state index in [1.807, 2.05) is 45.0 Å². The van der Waals surface area contributed by atoms with Crippen molar-refractivity contribution in [3.8, 4) is 11.5 Å². The van der Waals surface area contributed by atoms with Gasteiger partial charge in [-0.15, -0.1) is 0 Å². The molecular weight excluding hydrogens is 440 g/mol. The minimum Gasteiger partial charge on any atom is -0.487 e. The molecule has 172 valence electrons. The summed E-state index contributed by atoms with van der Waals surface area (Å²) in [6, 6.07) is 19.0. The summed E-state index contributed by atoms with van der Waals surface area (Å²) < 4.78 is 39.4. The first kappa shape index (κ1) is 22.7. The van der Waals surface area contributed by atoms with Gasteiger partial charge < -0.3 is 14.8 Å². The molecule has 1 amide bonds. The van der Waals surface area contributed by atoms with Crippen molar-refractivity contribution in [1.82, 2.24) is 0 Å². The van der Waals surface area contributed by atoms with Gasteiger partial charge in [-0.25, -0.2) is 8.42 Å². The minimum atomic E-state index is -3.79. The van der Waals surface area contributed by atoms with Crippen LogP contribution >= 0.6 is 0 Å². The summed E-state index contributed by atoms with van der Waals surface area (Å²) in [5, 5.41) is 2.74. The number of hydrogen-bond donors (Lipinski definition) is 1. The van der Waals surface area contributed by atoms with Gasteiger partial charge in [-0.05, 0) is 68.3 Å². The van der Waals surface area contributed by atoms with Gasteiger partial charge in [-0.2, -0.15) is 0 Å². The second-order valence-electron chi connectivity index (χ2n) is 8.01. The lowest BCUT2D eigenvalue weighted by atomic mass is 10.1. The van der Waals surface area contributed by atoms with Crippen molar-refractivity contribution in [2.75, 3.05) is 22.8 Å². The van der Waals surface area contributed by atoms with Crippen LogP contribution in [0.25, 0.3) is 0 Å². The average Bonchev–Trinajstić information content (AvgIpc) is 2.78. The molecule has 0 fully saturated rings. The number of fused-ring (bicyclic) bond motifs is 1. The second kappa shape index (κ2) is 9.15. The number of anilines is 2. The third-order valence-corrected chi connectivity index (χ3v) is 7.16. The van der Waals surface area contributed by atoms with E-state index in [0.717, 1.165) is 11.1 Å². The Morgan fingerprint density at radius 1 is 1.03 bits per heavy atom. The monoisotopic (exact) mass is 466 g/mol. The fraction of sp³-hybridized carbons (Fsp3) is 0.240. The maximum Gasteiger partial charge on any atom is 0.264 e. The molecule has 1 aliphatic heterocycles. The van der Waals surface area contributed by atoms with Crippen LogP contribution in [-0.4, -0.2) is 33.6 Å². The Kier molecular flexibility index (Phi) is 6.29. The Morgan fingerprint density at radius 2 is 1.70 bits per heavy atom. The van der Waals surface area contributed by atoms with Crippen LogP contribution < -0.4 is 19.1 Å². The number of aryl methyl sites for hydroxylation is 2. The molecule has 1 unspecified atom stereocenters. The Labute approximate surface area is 194 Å². The first-order valence-electron chi connectivity index (χ1n) is 10.6. The predicted molar refractivity (Wildman–Crippen MR) is 128 cm³/mol. The lowest BCUT2D eigenvalue weighted by Crippen LogP contribution is -2.42. The quantitative estimate of drug-likeness (QED) is 0.586. The normalized spacial score (nSPS) is 15.4. The second-order valence-corrected chi connectivity index (χ2v) is 9.88. The summed E-state index contributed by atoms with van der Waals surface area (Å²) in [5.41, 5.74) is 2.91. The highest BCUT2D eigenvalue weighted by Gasteiger charge is 2.32. The zero-order chi connectivity index (χ0) is 23.6. The molecule has 0 radical (unpaired) electrons. The zero-order valence-corrected chi connectivity index (χ0v) is 19.6. The first-order valence-corrected chi connectivity index (χ1v) is 12.1. The summed E-state index contributed by atoms with van der Waals surface area (Å²) in [6.45, 7) is 5.75. The molecule has 0 saturated carbocycles. The van der Waals surface area contributed by atoms with E-state index in [0.29, 0.717) is 22.9 Å². The fourth-order valence-corrected chi connectivity index (χ4v) is 5.33. The maximum absolute atomic E-state index is 13.3. The van der Waals surface area contributed by atoms with E-state index in [2.05, 4.69) is 5.32 Å². The number of rotatable bonds is 6. The highest BCUT2D eigenvalue weighted by Crippen LogP contribution is 2.36.